The van der Waals surface area contributed by atoms with Crippen LogP contribution >= 0.6 is 0 Å². The van der Waals surface area contributed by atoms with Crippen LogP contribution in [-0.4, -0.2) is 37.1 Å². The number of hydrogen-bond acceptors (Lipinski definition) is 4. The fraction of sp³-hybridized carbons (Fsp3) is 0.318. The molecule has 0 saturated heterocycles. The highest BCUT2D eigenvalue weighted by atomic mass is 16.5. The van der Waals surface area contributed by atoms with E-state index in [4.69, 9.17) is 4.74 Å². The summed E-state index contributed by atoms with van der Waals surface area (Å²) in [6.07, 6.45) is 0.714. The first-order valence-corrected chi connectivity index (χ1v) is 9.55. The summed E-state index contributed by atoms with van der Waals surface area (Å²) in [7, 11) is 0. The number of esters is 1. The molecule has 0 bridgehead atoms. The number of rotatable bonds is 9. The van der Waals surface area contributed by atoms with Gasteiger partial charge >= 0.3 is 12.0 Å². The minimum atomic E-state index is -0.569. The van der Waals surface area contributed by atoms with Gasteiger partial charge in [0.05, 0.1) is 5.56 Å². The number of urea groups is 1. The Hall–Kier alpha value is -3.35. The van der Waals surface area contributed by atoms with Crippen LogP contribution in [0.2, 0.25) is 0 Å². The Kier molecular flexibility index (Phi) is 8.69. The monoisotopic (exact) mass is 397 g/mol. The second-order valence-corrected chi connectivity index (χ2v) is 6.84. The quantitative estimate of drug-likeness (QED) is 0.566. The second-order valence-electron chi connectivity index (χ2n) is 6.84. The normalized spacial score (nSPS) is 10.3. The molecule has 0 unspecified atom stereocenters. The lowest BCUT2D eigenvalue weighted by Gasteiger charge is -2.10. The van der Waals surface area contributed by atoms with Gasteiger partial charge in [0.2, 0.25) is 0 Å². The van der Waals surface area contributed by atoms with Gasteiger partial charge in [-0.3, -0.25) is 4.79 Å². The molecule has 0 spiro atoms. The summed E-state index contributed by atoms with van der Waals surface area (Å²) in [5.74, 6) is -0.911. The number of amides is 3. The average Bonchev–Trinajstić information content (AvgIpc) is 2.71. The molecule has 0 heterocycles. The third-order valence-electron chi connectivity index (χ3n) is 3.98. The fourth-order valence-corrected chi connectivity index (χ4v) is 2.51. The summed E-state index contributed by atoms with van der Waals surface area (Å²) in [6, 6.07) is 16.3. The van der Waals surface area contributed by atoms with Gasteiger partial charge in [-0.1, -0.05) is 42.5 Å². The van der Waals surface area contributed by atoms with E-state index in [0.29, 0.717) is 25.1 Å². The Morgan fingerprint density at radius 1 is 0.897 bits per heavy atom. The molecule has 0 aliphatic heterocycles. The number of ether oxygens (including phenoxy) is 1. The lowest BCUT2D eigenvalue weighted by molar-refractivity contribution is -0.124. The Bertz CT molecular complexity index is 805. The zero-order chi connectivity index (χ0) is 21.1. The summed E-state index contributed by atoms with van der Waals surface area (Å²) >= 11 is 0. The minimum Gasteiger partial charge on any atom is -0.452 e. The summed E-state index contributed by atoms with van der Waals surface area (Å²) in [5, 5.41) is 8.19. The van der Waals surface area contributed by atoms with E-state index in [1.54, 1.807) is 24.3 Å². The molecule has 0 aromatic heterocycles. The average molecular weight is 397 g/mol. The van der Waals surface area contributed by atoms with Crippen LogP contribution in [0.25, 0.3) is 0 Å². The van der Waals surface area contributed by atoms with Gasteiger partial charge in [0, 0.05) is 19.1 Å². The lowest BCUT2D eigenvalue weighted by Crippen LogP contribution is -2.39. The zero-order valence-corrected chi connectivity index (χ0v) is 16.7. The van der Waals surface area contributed by atoms with E-state index in [1.807, 2.05) is 44.2 Å². The van der Waals surface area contributed by atoms with Gasteiger partial charge in [0.15, 0.2) is 6.61 Å². The molecule has 3 amide bonds. The van der Waals surface area contributed by atoms with Crippen LogP contribution in [0.15, 0.2) is 54.6 Å². The smallest absolute Gasteiger partial charge is 0.338 e. The number of carbonyl (C=O) groups is 3. The first-order chi connectivity index (χ1) is 13.9. The molecular formula is C22H27N3O4. The van der Waals surface area contributed by atoms with Crippen molar-refractivity contribution in [3.8, 4) is 0 Å². The van der Waals surface area contributed by atoms with E-state index >= 15 is 0 Å². The molecule has 0 fully saturated rings. The molecule has 154 valence electrons. The molecule has 2 aromatic rings. The largest absolute Gasteiger partial charge is 0.452 e. The summed E-state index contributed by atoms with van der Waals surface area (Å²) in [4.78, 5) is 35.4. The van der Waals surface area contributed by atoms with Crippen molar-refractivity contribution < 1.29 is 19.1 Å². The van der Waals surface area contributed by atoms with Crippen LogP contribution in [0.3, 0.4) is 0 Å². The molecule has 0 radical (unpaired) electrons. The van der Waals surface area contributed by atoms with Crippen molar-refractivity contribution in [3.05, 3.63) is 71.3 Å². The van der Waals surface area contributed by atoms with E-state index in [2.05, 4.69) is 16.0 Å². The van der Waals surface area contributed by atoms with Gasteiger partial charge in [0.1, 0.15) is 0 Å². The van der Waals surface area contributed by atoms with E-state index in [9.17, 15) is 14.4 Å². The Morgan fingerprint density at radius 3 is 2.24 bits per heavy atom. The lowest BCUT2D eigenvalue weighted by atomic mass is 10.1. The van der Waals surface area contributed by atoms with Crippen LogP contribution in [0.1, 0.15) is 35.3 Å². The third kappa shape index (κ3) is 8.47. The van der Waals surface area contributed by atoms with Gasteiger partial charge in [-0.15, -0.1) is 0 Å². The van der Waals surface area contributed by atoms with E-state index in [0.717, 1.165) is 11.1 Å². The van der Waals surface area contributed by atoms with E-state index < -0.39 is 5.97 Å². The molecule has 7 nitrogen and oxygen atoms in total. The summed E-state index contributed by atoms with van der Waals surface area (Å²) < 4.78 is 5.04. The Labute approximate surface area is 170 Å². The van der Waals surface area contributed by atoms with Gasteiger partial charge < -0.3 is 20.7 Å². The van der Waals surface area contributed by atoms with Crippen LogP contribution < -0.4 is 16.0 Å². The molecule has 0 aliphatic carbocycles. The number of nitrogens with one attached hydrogen (secondary N) is 3. The highest BCUT2D eigenvalue weighted by Crippen LogP contribution is 2.06. The molecule has 29 heavy (non-hydrogen) atoms. The number of benzene rings is 2. The van der Waals surface area contributed by atoms with Crippen molar-refractivity contribution in [1.82, 2.24) is 16.0 Å². The van der Waals surface area contributed by atoms with Crippen LogP contribution in [0.5, 0.6) is 0 Å². The fourth-order valence-electron chi connectivity index (χ4n) is 2.51. The van der Waals surface area contributed by atoms with Crippen molar-refractivity contribution in [3.63, 3.8) is 0 Å². The molecule has 2 aromatic carbocycles. The maximum atomic E-state index is 12.1. The summed E-state index contributed by atoms with van der Waals surface area (Å²) in [5.41, 5.74) is 2.32. The van der Waals surface area contributed by atoms with Crippen LogP contribution in [0, 0.1) is 0 Å². The standard InChI is InChI=1S/C22H27N3O4/c1-16(2)25-22(28)24-14-18-8-10-19(11-9-18)21(27)29-15-20(26)23-13-12-17-6-4-3-5-7-17/h3-11,16H,12-15H2,1-2H3,(H,23,26)(H2,24,25,28). The minimum absolute atomic E-state index is 0.0580. The second kappa shape index (κ2) is 11.5. The number of carbonyl (C=O) groups excluding carboxylic acids is 3. The first-order valence-electron chi connectivity index (χ1n) is 9.55. The maximum absolute atomic E-state index is 12.1. The van der Waals surface area contributed by atoms with Crippen LogP contribution in [0.4, 0.5) is 4.79 Å². The van der Waals surface area contributed by atoms with Crippen molar-refractivity contribution in [2.45, 2.75) is 32.9 Å². The maximum Gasteiger partial charge on any atom is 0.338 e. The molecule has 3 N–H and O–H groups in total. The van der Waals surface area contributed by atoms with E-state index in [1.165, 1.54) is 0 Å². The number of hydrogen-bond donors (Lipinski definition) is 3. The predicted molar refractivity (Wildman–Crippen MR) is 110 cm³/mol. The highest BCUT2D eigenvalue weighted by Gasteiger charge is 2.10. The van der Waals surface area contributed by atoms with Gasteiger partial charge in [-0.25, -0.2) is 9.59 Å². The Balaban J connectivity index is 1.69. The Morgan fingerprint density at radius 2 is 1.59 bits per heavy atom. The predicted octanol–water partition coefficient (Wildman–Crippen LogP) is 2.41. The molecule has 0 saturated carbocycles. The molecule has 2 rings (SSSR count). The molecule has 0 atom stereocenters. The van der Waals surface area contributed by atoms with Crippen molar-refractivity contribution in [2.24, 2.45) is 0 Å². The van der Waals surface area contributed by atoms with E-state index in [-0.39, 0.29) is 24.6 Å². The highest BCUT2D eigenvalue weighted by molar-refractivity contribution is 5.91. The molecule has 0 aliphatic rings. The topological polar surface area (TPSA) is 96.5 Å². The summed E-state index contributed by atoms with van der Waals surface area (Å²) in [6.45, 7) is 4.25. The van der Waals surface area contributed by atoms with Crippen molar-refractivity contribution >= 4 is 17.9 Å². The van der Waals surface area contributed by atoms with Crippen molar-refractivity contribution in [2.75, 3.05) is 13.2 Å². The molecule has 7 heteroatoms. The third-order valence-corrected chi connectivity index (χ3v) is 3.98. The van der Waals surface area contributed by atoms with Crippen molar-refractivity contribution in [1.29, 1.82) is 0 Å². The first kappa shape index (κ1) is 21.9. The van der Waals surface area contributed by atoms with Crippen LogP contribution in [-0.2, 0) is 22.5 Å². The SMILES string of the molecule is CC(C)NC(=O)NCc1ccc(C(=O)OCC(=O)NCCc2ccccc2)cc1. The molecular weight excluding hydrogens is 370 g/mol. The van der Waals surface area contributed by atoms with Gasteiger partial charge in [-0.2, -0.15) is 0 Å². The van der Waals surface area contributed by atoms with Gasteiger partial charge in [0.25, 0.3) is 5.91 Å². The zero-order valence-electron chi connectivity index (χ0n) is 16.7. The van der Waals surface area contributed by atoms with Gasteiger partial charge in [-0.05, 0) is 43.5 Å².